The van der Waals surface area contributed by atoms with E-state index in [-0.39, 0.29) is 0 Å². The van der Waals surface area contributed by atoms with Gasteiger partial charge < -0.3 is 0 Å². The van der Waals surface area contributed by atoms with Gasteiger partial charge in [0.25, 0.3) is 0 Å². The summed E-state index contributed by atoms with van der Waals surface area (Å²) in [5.74, 6) is 2.12. The predicted octanol–water partition coefficient (Wildman–Crippen LogP) is 1.00. The molecule has 0 fully saturated rings. The van der Waals surface area contributed by atoms with Crippen LogP contribution in [0.15, 0.2) is 12.1 Å². The molecule has 5 heavy (non-hydrogen) atoms. The van der Waals surface area contributed by atoms with Gasteiger partial charge in [-0.25, -0.2) is 0 Å². The van der Waals surface area contributed by atoms with Gasteiger partial charge >= 0.3 is 0 Å². The zero-order valence-electron chi connectivity index (χ0n) is 3.86. The van der Waals surface area contributed by atoms with Crippen LogP contribution in [-0.4, -0.2) is 7.28 Å². The van der Waals surface area contributed by atoms with E-state index in [2.05, 4.69) is 18.9 Å². The van der Waals surface area contributed by atoms with Gasteiger partial charge in [0, 0.05) is 0 Å². The fraction of sp³-hybridized carbons (Fsp3) is 0.500. The Hall–Kier alpha value is -0.195. The van der Waals surface area contributed by atoms with E-state index in [1.54, 1.807) is 0 Å². The van der Waals surface area contributed by atoms with E-state index in [0.717, 1.165) is 7.28 Å². The van der Waals surface area contributed by atoms with Crippen LogP contribution in [0.25, 0.3) is 0 Å². The second kappa shape index (κ2) is 3.80. The minimum Gasteiger partial charge on any atom is -0.124 e. The summed E-state index contributed by atoms with van der Waals surface area (Å²) in [6.45, 7) is 4.16. The molecule has 0 atom stereocenters. The van der Waals surface area contributed by atoms with Crippen LogP contribution in [0.5, 0.6) is 0 Å². The van der Waals surface area contributed by atoms with E-state index in [4.69, 9.17) is 0 Å². The number of hydrogen-bond donors (Lipinski definition) is 0. The Morgan fingerprint density at radius 1 is 1.60 bits per heavy atom. The number of rotatable bonds is 1. The fourth-order valence-electron chi connectivity index (χ4n) is 0.236. The van der Waals surface area contributed by atoms with Gasteiger partial charge in [0.2, 0.25) is 0 Å². The quantitative estimate of drug-likeness (QED) is 0.402. The zero-order valence-corrected chi connectivity index (χ0v) is 3.86. The lowest BCUT2D eigenvalue weighted by Crippen LogP contribution is -1.64. The molecule has 0 saturated carbocycles. The first-order valence-electron chi connectivity index (χ1n) is 2.03. The van der Waals surface area contributed by atoms with Crippen molar-refractivity contribution >= 4 is 7.28 Å². The van der Waals surface area contributed by atoms with E-state index >= 15 is 0 Å². The van der Waals surface area contributed by atoms with Gasteiger partial charge in [-0.05, 0) is 6.92 Å². The summed E-state index contributed by atoms with van der Waals surface area (Å²) in [7, 11) is 1.16. The van der Waals surface area contributed by atoms with E-state index in [9.17, 15) is 0 Å². The third kappa shape index (κ3) is 3.80. The van der Waals surface area contributed by atoms with Crippen molar-refractivity contribution in [2.45, 2.75) is 13.7 Å². The Balaban J connectivity index is 2.62. The summed E-state index contributed by atoms with van der Waals surface area (Å²) < 4.78 is 0. The van der Waals surface area contributed by atoms with Gasteiger partial charge in [0.15, 0.2) is 0 Å². The van der Waals surface area contributed by atoms with Gasteiger partial charge in [0.05, 0.1) is 0 Å². The molecule has 0 heterocycles. The highest BCUT2D eigenvalue weighted by atomic mass is 13.4. The van der Waals surface area contributed by atoms with Crippen LogP contribution >= 0.6 is 0 Å². The first-order valence-corrected chi connectivity index (χ1v) is 2.03. The Kier molecular flexibility index (Phi) is 3.66. The zero-order chi connectivity index (χ0) is 4.12. The highest BCUT2D eigenvalue weighted by Crippen LogP contribution is 1.60. The van der Waals surface area contributed by atoms with Crippen LogP contribution < -0.4 is 0 Å². The van der Waals surface area contributed by atoms with Crippen molar-refractivity contribution in [3.05, 3.63) is 12.1 Å². The lowest BCUT2D eigenvalue weighted by Gasteiger charge is -1.61. The van der Waals surface area contributed by atoms with Crippen molar-refractivity contribution in [1.29, 1.82) is 0 Å². The molecule has 0 aromatic rings. The monoisotopic (exact) mass is 68.1 g/mol. The molecule has 0 rings (SSSR count). The molecule has 0 aromatic heterocycles. The van der Waals surface area contributed by atoms with Crippen LogP contribution in [-0.2, 0) is 0 Å². The fourth-order valence-corrected chi connectivity index (χ4v) is 0.236. The van der Waals surface area contributed by atoms with Crippen molar-refractivity contribution in [3.8, 4) is 0 Å². The first-order chi connectivity index (χ1) is 2.41. The molecule has 0 aliphatic rings. The molecule has 0 amide bonds. The Bertz CT molecular complexity index is 30.6. The van der Waals surface area contributed by atoms with Gasteiger partial charge in [-0.2, -0.15) is 0 Å². The third-order valence-electron chi connectivity index (χ3n) is 0.471. The minimum atomic E-state index is 1.16. The molecule has 0 aliphatic carbocycles. The van der Waals surface area contributed by atoms with Gasteiger partial charge in [-0.3, -0.25) is 0 Å². The predicted molar refractivity (Wildman–Crippen MR) is 27.8 cm³/mol. The molecule has 0 N–H and O–H groups in total. The first kappa shape index (κ1) is 4.80. The van der Waals surface area contributed by atoms with Crippen LogP contribution in [0, 0.1) is 0 Å². The standard InChI is InChI=1S/C4H9B/c1-3-4-5-2/h3-5H,1-2H3/b4-3+. The largest absolute Gasteiger partial charge is 0.144 e. The summed E-state index contributed by atoms with van der Waals surface area (Å²) in [6, 6.07) is 0. The Morgan fingerprint density at radius 3 is 2.20 bits per heavy atom. The van der Waals surface area contributed by atoms with Crippen molar-refractivity contribution in [1.82, 2.24) is 0 Å². The molecular weight excluding hydrogens is 58.9 g/mol. The maximum absolute atomic E-state index is 2.12. The van der Waals surface area contributed by atoms with Crippen molar-refractivity contribution in [2.75, 3.05) is 0 Å². The summed E-state index contributed by atoms with van der Waals surface area (Å²) in [4.78, 5) is 0. The highest BCUT2D eigenvalue weighted by molar-refractivity contribution is 6.40. The molecule has 0 saturated heterocycles. The second-order valence-corrected chi connectivity index (χ2v) is 0.977. The lowest BCUT2D eigenvalue weighted by atomic mass is 9.83. The van der Waals surface area contributed by atoms with Crippen molar-refractivity contribution in [2.24, 2.45) is 0 Å². The SMILES string of the molecule is CB/C=C/C. The molecular formula is C4H9B. The van der Waals surface area contributed by atoms with Crippen LogP contribution in [0.1, 0.15) is 6.92 Å². The maximum atomic E-state index is 2.12. The van der Waals surface area contributed by atoms with Crippen molar-refractivity contribution < 1.29 is 0 Å². The highest BCUT2D eigenvalue weighted by Gasteiger charge is 1.57. The molecule has 1 heteroatoms. The normalized spacial score (nSPS) is 9.20. The van der Waals surface area contributed by atoms with Gasteiger partial charge in [0.1, 0.15) is 7.28 Å². The van der Waals surface area contributed by atoms with Crippen LogP contribution in [0.2, 0.25) is 6.82 Å². The van der Waals surface area contributed by atoms with Crippen molar-refractivity contribution in [3.63, 3.8) is 0 Å². The molecule has 0 nitrogen and oxygen atoms in total. The summed E-state index contributed by atoms with van der Waals surface area (Å²) in [6.07, 6.45) is 2.06. The molecule has 0 aliphatic heterocycles. The average Bonchev–Trinajstić information content (AvgIpc) is 1.41. The lowest BCUT2D eigenvalue weighted by molar-refractivity contribution is 1.78. The minimum absolute atomic E-state index is 1.16. The Labute approximate surface area is 34.1 Å². The van der Waals surface area contributed by atoms with E-state index in [1.807, 2.05) is 6.92 Å². The molecule has 0 spiro atoms. The van der Waals surface area contributed by atoms with E-state index < -0.39 is 0 Å². The molecule has 0 unspecified atom stereocenters. The van der Waals surface area contributed by atoms with E-state index in [1.165, 1.54) is 0 Å². The van der Waals surface area contributed by atoms with E-state index in [0.29, 0.717) is 0 Å². The molecule has 28 valence electrons. The summed E-state index contributed by atoms with van der Waals surface area (Å²) in [5.41, 5.74) is 0. The van der Waals surface area contributed by atoms with Gasteiger partial charge in [-0.15, -0.1) is 12.1 Å². The average molecular weight is 67.9 g/mol. The van der Waals surface area contributed by atoms with Crippen LogP contribution in [0.4, 0.5) is 0 Å². The number of hydrogen-bond acceptors (Lipinski definition) is 0. The molecule has 0 aromatic carbocycles. The second-order valence-electron chi connectivity index (χ2n) is 0.977. The van der Waals surface area contributed by atoms with Gasteiger partial charge in [-0.1, -0.05) is 6.82 Å². The maximum Gasteiger partial charge on any atom is 0.144 e. The number of allylic oxidation sites excluding steroid dienone is 1. The molecule has 0 bridgehead atoms. The topological polar surface area (TPSA) is 0 Å². The summed E-state index contributed by atoms with van der Waals surface area (Å²) >= 11 is 0. The third-order valence-corrected chi connectivity index (χ3v) is 0.471. The molecule has 0 radical (unpaired) electrons. The smallest absolute Gasteiger partial charge is 0.124 e. The Morgan fingerprint density at radius 2 is 2.20 bits per heavy atom. The van der Waals surface area contributed by atoms with Crippen LogP contribution in [0.3, 0.4) is 0 Å². The summed E-state index contributed by atoms with van der Waals surface area (Å²) in [5, 5.41) is 0.